The minimum absolute atomic E-state index is 0.152. The minimum atomic E-state index is -0.652. The molecule has 3 nitrogen and oxygen atoms in total. The van der Waals surface area contributed by atoms with Crippen molar-refractivity contribution in [2.45, 2.75) is 19.8 Å². The highest BCUT2D eigenvalue weighted by atomic mass is 35.5. The lowest BCUT2D eigenvalue weighted by Gasteiger charge is -2.15. The largest absolute Gasteiger partial charge is 0.392 e. The molecule has 3 N–H and O–H groups in total. The quantitative estimate of drug-likeness (QED) is 0.829. The number of halogens is 1. The van der Waals surface area contributed by atoms with E-state index >= 15 is 0 Å². The molecule has 0 heterocycles. The maximum atomic E-state index is 12.1. The highest BCUT2D eigenvalue weighted by Gasteiger charge is 2.52. The Balaban J connectivity index is 2.23. The molecule has 0 aliphatic heterocycles. The van der Waals surface area contributed by atoms with Gasteiger partial charge in [0.15, 0.2) is 0 Å². The van der Waals surface area contributed by atoms with Gasteiger partial charge in [0.05, 0.1) is 21.1 Å². The van der Waals surface area contributed by atoms with E-state index in [1.807, 2.05) is 19.1 Å². The predicted molar refractivity (Wildman–Crippen MR) is 73.3 cm³/mol. The normalized spacial score (nSPS) is 16.4. The van der Waals surface area contributed by atoms with Gasteiger partial charge in [0, 0.05) is 0 Å². The number of benzene rings is 1. The van der Waals surface area contributed by atoms with Crippen LogP contribution in [0.4, 0.5) is 5.69 Å². The highest BCUT2D eigenvalue weighted by molar-refractivity contribution is 7.80. The molecule has 1 aliphatic carbocycles. The standard InChI is InChI=1S/C12H13ClN2OS/c1-7-3-2-4-8(13)9(7)15-11(16)12(5-6-12)10(14)17/h2-4H,5-6H2,1H3,(H2,14,17)(H,15,16). The summed E-state index contributed by atoms with van der Waals surface area (Å²) in [5, 5.41) is 3.35. The lowest BCUT2D eigenvalue weighted by Crippen LogP contribution is -2.35. The number of hydrogen-bond acceptors (Lipinski definition) is 2. The molecule has 0 saturated heterocycles. The van der Waals surface area contributed by atoms with Crippen molar-refractivity contribution in [2.24, 2.45) is 11.1 Å². The number of hydrogen-bond donors (Lipinski definition) is 2. The smallest absolute Gasteiger partial charge is 0.237 e. The van der Waals surface area contributed by atoms with Crippen LogP contribution in [0.25, 0.3) is 0 Å². The van der Waals surface area contributed by atoms with E-state index in [1.165, 1.54) is 0 Å². The van der Waals surface area contributed by atoms with Crippen molar-refractivity contribution in [1.29, 1.82) is 0 Å². The summed E-state index contributed by atoms with van der Waals surface area (Å²) < 4.78 is 0. The van der Waals surface area contributed by atoms with Crippen molar-refractivity contribution in [1.82, 2.24) is 0 Å². The molecular formula is C12H13ClN2OS. The van der Waals surface area contributed by atoms with Crippen LogP contribution in [-0.2, 0) is 4.79 Å². The Bertz CT molecular complexity index is 477. The number of rotatable bonds is 3. The highest BCUT2D eigenvalue weighted by Crippen LogP contribution is 2.47. The van der Waals surface area contributed by atoms with Gasteiger partial charge in [-0.3, -0.25) is 4.79 Å². The Labute approximate surface area is 110 Å². The Hall–Kier alpha value is -1.13. The van der Waals surface area contributed by atoms with Crippen LogP contribution >= 0.6 is 23.8 Å². The number of amides is 1. The monoisotopic (exact) mass is 268 g/mol. The molecule has 2 rings (SSSR count). The van der Waals surface area contributed by atoms with Crippen molar-refractivity contribution < 1.29 is 4.79 Å². The first kappa shape index (κ1) is 12.3. The van der Waals surface area contributed by atoms with Crippen LogP contribution < -0.4 is 11.1 Å². The van der Waals surface area contributed by atoms with Crippen molar-refractivity contribution >= 4 is 40.4 Å². The van der Waals surface area contributed by atoms with Crippen LogP contribution in [0.3, 0.4) is 0 Å². The second-order valence-corrected chi connectivity index (χ2v) is 5.18. The molecule has 1 amide bonds. The molecular weight excluding hydrogens is 256 g/mol. The molecule has 90 valence electrons. The van der Waals surface area contributed by atoms with Gasteiger partial charge >= 0.3 is 0 Å². The van der Waals surface area contributed by atoms with Crippen LogP contribution in [0.5, 0.6) is 0 Å². The fraction of sp³-hybridized carbons (Fsp3) is 0.333. The lowest BCUT2D eigenvalue weighted by atomic mass is 10.1. The van der Waals surface area contributed by atoms with E-state index in [0.29, 0.717) is 10.7 Å². The lowest BCUT2D eigenvalue weighted by molar-refractivity contribution is -0.118. The zero-order valence-electron chi connectivity index (χ0n) is 9.42. The van der Waals surface area contributed by atoms with Gasteiger partial charge in [-0.2, -0.15) is 0 Å². The van der Waals surface area contributed by atoms with Gasteiger partial charge in [0.2, 0.25) is 5.91 Å². The van der Waals surface area contributed by atoms with Crippen molar-refractivity contribution in [3.63, 3.8) is 0 Å². The van der Waals surface area contributed by atoms with Crippen LogP contribution in [0.15, 0.2) is 18.2 Å². The Morgan fingerprint density at radius 1 is 1.53 bits per heavy atom. The first-order valence-corrected chi connectivity index (χ1v) is 6.12. The van der Waals surface area contributed by atoms with Gasteiger partial charge in [-0.1, -0.05) is 36.0 Å². The number of carbonyl (C=O) groups is 1. The van der Waals surface area contributed by atoms with E-state index in [0.717, 1.165) is 18.4 Å². The molecule has 0 spiro atoms. The minimum Gasteiger partial charge on any atom is -0.392 e. The fourth-order valence-corrected chi connectivity index (χ4v) is 2.30. The second kappa shape index (κ2) is 4.27. The summed E-state index contributed by atoms with van der Waals surface area (Å²) in [6, 6.07) is 5.47. The van der Waals surface area contributed by atoms with Crippen LogP contribution in [0.1, 0.15) is 18.4 Å². The first-order valence-electron chi connectivity index (χ1n) is 5.34. The topological polar surface area (TPSA) is 55.1 Å². The Morgan fingerprint density at radius 3 is 2.65 bits per heavy atom. The summed E-state index contributed by atoms with van der Waals surface area (Å²) in [6.45, 7) is 1.89. The zero-order chi connectivity index (χ0) is 12.6. The van der Waals surface area contributed by atoms with E-state index in [2.05, 4.69) is 5.32 Å². The zero-order valence-corrected chi connectivity index (χ0v) is 11.0. The maximum absolute atomic E-state index is 12.1. The number of aryl methyl sites for hydroxylation is 1. The third-order valence-corrected chi connectivity index (χ3v) is 3.82. The third-order valence-electron chi connectivity index (χ3n) is 3.12. The van der Waals surface area contributed by atoms with Crippen molar-refractivity contribution in [2.75, 3.05) is 5.32 Å². The van der Waals surface area contributed by atoms with E-state index < -0.39 is 5.41 Å². The van der Waals surface area contributed by atoms with Gasteiger partial charge in [0.25, 0.3) is 0 Å². The van der Waals surface area contributed by atoms with E-state index in [-0.39, 0.29) is 10.9 Å². The number of anilines is 1. The Kier molecular flexibility index (Phi) is 3.10. The molecule has 5 heteroatoms. The number of nitrogens with one attached hydrogen (secondary N) is 1. The summed E-state index contributed by atoms with van der Waals surface area (Å²) in [6.07, 6.45) is 1.44. The summed E-state index contributed by atoms with van der Waals surface area (Å²) in [5.41, 5.74) is 6.51. The molecule has 0 bridgehead atoms. The molecule has 17 heavy (non-hydrogen) atoms. The summed E-state index contributed by atoms with van der Waals surface area (Å²) >= 11 is 11.0. The Morgan fingerprint density at radius 2 is 2.18 bits per heavy atom. The fourth-order valence-electron chi connectivity index (χ4n) is 1.73. The van der Waals surface area contributed by atoms with Crippen LogP contribution in [-0.4, -0.2) is 10.9 Å². The van der Waals surface area contributed by atoms with Crippen molar-refractivity contribution in [3.05, 3.63) is 28.8 Å². The van der Waals surface area contributed by atoms with Gasteiger partial charge < -0.3 is 11.1 Å². The summed E-state index contributed by atoms with van der Waals surface area (Å²) in [4.78, 5) is 12.4. The average molecular weight is 269 g/mol. The number of para-hydroxylation sites is 1. The van der Waals surface area contributed by atoms with Gasteiger partial charge in [-0.25, -0.2) is 0 Å². The third kappa shape index (κ3) is 2.15. The summed E-state index contributed by atoms with van der Waals surface area (Å²) in [5.74, 6) is -0.152. The van der Waals surface area contributed by atoms with Gasteiger partial charge in [0.1, 0.15) is 0 Å². The van der Waals surface area contributed by atoms with Gasteiger partial charge in [-0.15, -0.1) is 0 Å². The molecule has 1 aliphatic rings. The van der Waals surface area contributed by atoms with Crippen LogP contribution in [0, 0.1) is 12.3 Å². The number of carbonyl (C=O) groups excluding carboxylic acids is 1. The molecule has 1 aromatic carbocycles. The average Bonchev–Trinajstić information content (AvgIpc) is 3.04. The van der Waals surface area contributed by atoms with Gasteiger partial charge in [-0.05, 0) is 31.4 Å². The summed E-state index contributed by atoms with van der Waals surface area (Å²) in [7, 11) is 0. The molecule has 0 unspecified atom stereocenters. The molecule has 1 aromatic rings. The number of thiocarbonyl (C=S) groups is 1. The second-order valence-electron chi connectivity index (χ2n) is 4.33. The van der Waals surface area contributed by atoms with E-state index in [4.69, 9.17) is 29.6 Å². The first-order chi connectivity index (χ1) is 7.97. The van der Waals surface area contributed by atoms with Crippen LogP contribution in [0.2, 0.25) is 5.02 Å². The maximum Gasteiger partial charge on any atom is 0.237 e. The number of nitrogens with two attached hydrogens (primary N) is 1. The molecule has 1 saturated carbocycles. The molecule has 0 radical (unpaired) electrons. The predicted octanol–water partition coefficient (Wildman–Crippen LogP) is 2.65. The van der Waals surface area contributed by atoms with Crippen molar-refractivity contribution in [3.8, 4) is 0 Å². The van der Waals surface area contributed by atoms with E-state index in [1.54, 1.807) is 6.07 Å². The molecule has 0 atom stereocenters. The molecule has 0 aromatic heterocycles. The van der Waals surface area contributed by atoms with E-state index in [9.17, 15) is 4.79 Å². The SMILES string of the molecule is Cc1cccc(Cl)c1NC(=O)C1(C(N)=S)CC1. The molecule has 1 fully saturated rings.